The Hall–Kier alpha value is -2.69. The molecule has 0 aromatic heterocycles. The Morgan fingerprint density at radius 2 is 1.82 bits per heavy atom. The molecule has 0 atom stereocenters. The fraction of sp³-hybridized carbons (Fsp3) is 0.435. The Kier molecular flexibility index (Phi) is 6.80. The summed E-state index contributed by atoms with van der Waals surface area (Å²) < 4.78 is 5.88. The van der Waals surface area contributed by atoms with Crippen molar-refractivity contribution in [2.45, 2.75) is 26.7 Å². The van der Waals surface area contributed by atoms with Crippen LogP contribution in [-0.2, 0) is 0 Å². The van der Waals surface area contributed by atoms with Gasteiger partial charge in [0, 0.05) is 31.9 Å². The molecule has 2 aromatic rings. The van der Waals surface area contributed by atoms with Crippen LogP contribution >= 0.6 is 0 Å². The number of urea groups is 1. The van der Waals surface area contributed by atoms with E-state index in [-0.39, 0.29) is 6.03 Å². The number of amides is 2. The third kappa shape index (κ3) is 5.18. The van der Waals surface area contributed by atoms with Crippen LogP contribution in [0.25, 0.3) is 0 Å². The van der Waals surface area contributed by atoms with E-state index in [1.807, 2.05) is 23.1 Å². The van der Waals surface area contributed by atoms with Crippen molar-refractivity contribution < 1.29 is 9.53 Å². The molecule has 0 radical (unpaired) electrons. The van der Waals surface area contributed by atoms with Crippen LogP contribution in [0.2, 0.25) is 0 Å². The van der Waals surface area contributed by atoms with Gasteiger partial charge in [-0.2, -0.15) is 0 Å². The Labute approximate surface area is 168 Å². The van der Waals surface area contributed by atoms with Crippen molar-refractivity contribution in [3.63, 3.8) is 0 Å². The van der Waals surface area contributed by atoms with Crippen LogP contribution in [0, 0.1) is 6.92 Å². The number of aryl methyl sites for hydroxylation is 1. The number of carbonyl (C=O) groups excluding carboxylic acids is 1. The molecule has 1 aliphatic heterocycles. The normalized spacial score (nSPS) is 14.3. The van der Waals surface area contributed by atoms with E-state index in [1.54, 1.807) is 0 Å². The summed E-state index contributed by atoms with van der Waals surface area (Å²) in [5.41, 5.74) is 3.69. The minimum absolute atomic E-state index is 0.00960. The zero-order valence-corrected chi connectivity index (χ0v) is 17.1. The van der Waals surface area contributed by atoms with Gasteiger partial charge >= 0.3 is 6.03 Å². The largest absolute Gasteiger partial charge is 0.491 e. The van der Waals surface area contributed by atoms with Crippen LogP contribution in [0.5, 0.6) is 5.75 Å². The maximum Gasteiger partial charge on any atom is 0.317 e. The monoisotopic (exact) mass is 381 g/mol. The summed E-state index contributed by atoms with van der Waals surface area (Å²) in [6, 6.07) is 16.6. The molecule has 0 aliphatic carbocycles. The topological polar surface area (TPSA) is 44.8 Å². The fourth-order valence-corrected chi connectivity index (χ4v) is 3.51. The van der Waals surface area contributed by atoms with E-state index >= 15 is 0 Å². The molecule has 5 nitrogen and oxygen atoms in total. The molecule has 3 rings (SSSR count). The lowest BCUT2D eigenvalue weighted by Gasteiger charge is -2.36. The van der Waals surface area contributed by atoms with Crippen LogP contribution in [0.3, 0.4) is 0 Å². The van der Waals surface area contributed by atoms with Crippen molar-refractivity contribution in [1.29, 1.82) is 0 Å². The molecule has 0 saturated carbocycles. The molecular weight excluding hydrogens is 350 g/mol. The van der Waals surface area contributed by atoms with Gasteiger partial charge in [0.05, 0.1) is 6.54 Å². The predicted octanol–water partition coefficient (Wildman–Crippen LogP) is 4.03. The number of hydrogen-bond acceptors (Lipinski definition) is 3. The fourth-order valence-electron chi connectivity index (χ4n) is 3.51. The van der Waals surface area contributed by atoms with Gasteiger partial charge in [-0.1, -0.05) is 44.2 Å². The minimum Gasteiger partial charge on any atom is -0.491 e. The van der Waals surface area contributed by atoms with E-state index in [2.05, 4.69) is 61.3 Å². The van der Waals surface area contributed by atoms with E-state index in [1.165, 1.54) is 16.8 Å². The third-order valence-corrected chi connectivity index (χ3v) is 5.11. The second-order valence-corrected chi connectivity index (χ2v) is 7.59. The van der Waals surface area contributed by atoms with E-state index in [0.717, 1.165) is 31.9 Å². The summed E-state index contributed by atoms with van der Waals surface area (Å²) in [4.78, 5) is 16.6. The highest BCUT2D eigenvalue weighted by Gasteiger charge is 2.21. The van der Waals surface area contributed by atoms with E-state index in [4.69, 9.17) is 4.74 Å². The van der Waals surface area contributed by atoms with Gasteiger partial charge < -0.3 is 19.9 Å². The van der Waals surface area contributed by atoms with Crippen molar-refractivity contribution in [1.82, 2.24) is 10.2 Å². The minimum atomic E-state index is -0.00960. The van der Waals surface area contributed by atoms with Crippen LogP contribution in [0.1, 0.15) is 30.9 Å². The van der Waals surface area contributed by atoms with Crippen molar-refractivity contribution >= 4 is 11.7 Å². The molecule has 28 heavy (non-hydrogen) atoms. The molecule has 5 heteroatoms. The average Bonchev–Trinajstić information content (AvgIpc) is 2.71. The zero-order chi connectivity index (χ0) is 19.9. The van der Waals surface area contributed by atoms with Gasteiger partial charge in [-0.05, 0) is 42.2 Å². The van der Waals surface area contributed by atoms with Crippen molar-refractivity contribution in [2.24, 2.45) is 0 Å². The highest BCUT2D eigenvalue weighted by Crippen LogP contribution is 2.25. The number of carbonyl (C=O) groups is 1. The summed E-state index contributed by atoms with van der Waals surface area (Å²) in [7, 11) is 0. The van der Waals surface area contributed by atoms with Crippen LogP contribution in [0.15, 0.2) is 48.5 Å². The number of hydrogen-bond donors (Lipinski definition) is 1. The molecule has 0 unspecified atom stereocenters. The summed E-state index contributed by atoms with van der Waals surface area (Å²) in [5, 5.41) is 2.98. The van der Waals surface area contributed by atoms with E-state index < -0.39 is 0 Å². The number of para-hydroxylation sites is 1. The maximum absolute atomic E-state index is 12.4. The lowest BCUT2D eigenvalue weighted by molar-refractivity contribution is 0.191. The lowest BCUT2D eigenvalue weighted by atomic mass is 10.0. The van der Waals surface area contributed by atoms with Gasteiger partial charge in [-0.3, -0.25) is 0 Å². The first-order chi connectivity index (χ1) is 13.5. The molecule has 0 bridgehead atoms. The van der Waals surface area contributed by atoms with Crippen LogP contribution in [0.4, 0.5) is 10.5 Å². The average molecular weight is 382 g/mol. The van der Waals surface area contributed by atoms with Gasteiger partial charge in [-0.25, -0.2) is 4.79 Å². The van der Waals surface area contributed by atoms with Crippen LogP contribution in [-0.4, -0.2) is 50.3 Å². The summed E-state index contributed by atoms with van der Waals surface area (Å²) in [6.07, 6.45) is 0. The molecule has 1 heterocycles. The van der Waals surface area contributed by atoms with Gasteiger partial charge in [0.1, 0.15) is 12.4 Å². The highest BCUT2D eigenvalue weighted by molar-refractivity contribution is 5.74. The molecule has 2 amide bonds. The van der Waals surface area contributed by atoms with Gasteiger partial charge in [0.2, 0.25) is 0 Å². The molecule has 1 saturated heterocycles. The van der Waals surface area contributed by atoms with E-state index in [0.29, 0.717) is 19.1 Å². The molecule has 1 fully saturated rings. The molecule has 150 valence electrons. The predicted molar refractivity (Wildman–Crippen MR) is 114 cm³/mol. The quantitative estimate of drug-likeness (QED) is 0.769. The Bertz CT molecular complexity index is 783. The number of nitrogens with zero attached hydrogens (tertiary/aromatic N) is 2. The first kappa shape index (κ1) is 20.1. The van der Waals surface area contributed by atoms with Gasteiger partial charge in [0.15, 0.2) is 0 Å². The number of piperazine rings is 1. The smallest absolute Gasteiger partial charge is 0.317 e. The summed E-state index contributed by atoms with van der Waals surface area (Å²) >= 11 is 0. The zero-order valence-electron chi connectivity index (χ0n) is 17.1. The van der Waals surface area contributed by atoms with E-state index in [9.17, 15) is 4.79 Å². The summed E-state index contributed by atoms with van der Waals surface area (Å²) in [6.45, 7) is 10.6. The second kappa shape index (κ2) is 9.49. The van der Waals surface area contributed by atoms with Gasteiger partial charge in [-0.15, -0.1) is 0 Å². The standard InChI is InChI=1S/C23H31N3O2/c1-18(2)21-9-4-5-10-22(21)28-16-11-24-23(27)26-14-12-25(13-15-26)20-8-6-7-19(3)17-20/h4-10,17-18H,11-16H2,1-3H3,(H,24,27). The number of nitrogens with one attached hydrogen (secondary N) is 1. The van der Waals surface area contributed by atoms with Crippen LogP contribution < -0.4 is 15.0 Å². The number of benzene rings is 2. The second-order valence-electron chi connectivity index (χ2n) is 7.59. The number of ether oxygens (including phenoxy) is 1. The first-order valence-electron chi connectivity index (χ1n) is 10.1. The third-order valence-electron chi connectivity index (χ3n) is 5.11. The highest BCUT2D eigenvalue weighted by atomic mass is 16.5. The number of anilines is 1. The van der Waals surface area contributed by atoms with Crippen molar-refractivity contribution in [2.75, 3.05) is 44.2 Å². The molecule has 1 aliphatic rings. The van der Waals surface area contributed by atoms with Gasteiger partial charge in [0.25, 0.3) is 0 Å². The lowest BCUT2D eigenvalue weighted by Crippen LogP contribution is -2.52. The Morgan fingerprint density at radius 3 is 2.54 bits per heavy atom. The Balaban J connectivity index is 1.40. The molecule has 1 N–H and O–H groups in total. The van der Waals surface area contributed by atoms with Crippen molar-refractivity contribution in [3.05, 3.63) is 59.7 Å². The summed E-state index contributed by atoms with van der Waals surface area (Å²) in [5.74, 6) is 1.31. The first-order valence-corrected chi connectivity index (χ1v) is 10.1. The Morgan fingerprint density at radius 1 is 1.07 bits per heavy atom. The molecule has 0 spiro atoms. The maximum atomic E-state index is 12.4. The SMILES string of the molecule is Cc1cccc(N2CCN(C(=O)NCCOc3ccccc3C(C)C)CC2)c1. The molecular formula is C23H31N3O2. The molecule has 2 aromatic carbocycles. The number of rotatable bonds is 6. The van der Waals surface area contributed by atoms with Crippen molar-refractivity contribution in [3.8, 4) is 5.75 Å².